The molecule has 0 atom stereocenters. The summed E-state index contributed by atoms with van der Waals surface area (Å²) in [7, 11) is 0. The number of ether oxygens (including phenoxy) is 1. The second-order valence-corrected chi connectivity index (χ2v) is 6.00. The zero-order chi connectivity index (χ0) is 15.2. The molecule has 1 heterocycles. The van der Waals surface area contributed by atoms with Crippen LogP contribution < -0.4 is 10.1 Å². The quantitative estimate of drug-likeness (QED) is 0.814. The summed E-state index contributed by atoms with van der Waals surface area (Å²) < 4.78 is 11.5. The summed E-state index contributed by atoms with van der Waals surface area (Å²) in [5, 5.41) is 4.05. The minimum Gasteiger partial charge on any atom is -0.489 e. The molecule has 4 heteroatoms. The molecule has 1 aromatic carbocycles. The van der Waals surface area contributed by atoms with E-state index >= 15 is 0 Å². The summed E-state index contributed by atoms with van der Waals surface area (Å²) in [6.07, 6.45) is 0. The van der Waals surface area contributed by atoms with Gasteiger partial charge in [-0.05, 0) is 43.7 Å². The van der Waals surface area contributed by atoms with Crippen LogP contribution in [-0.4, -0.2) is 6.54 Å². The predicted molar refractivity (Wildman–Crippen MR) is 85.8 cm³/mol. The molecule has 0 spiro atoms. The minimum absolute atomic E-state index is 0.486. The number of hydrogen-bond donors (Lipinski definition) is 1. The predicted octanol–water partition coefficient (Wildman–Crippen LogP) is 4.57. The van der Waals surface area contributed by atoms with Crippen LogP contribution in [0.3, 0.4) is 0 Å². The van der Waals surface area contributed by atoms with Crippen molar-refractivity contribution < 1.29 is 9.15 Å². The normalized spacial score (nSPS) is 11.1. The van der Waals surface area contributed by atoms with Crippen LogP contribution in [0.25, 0.3) is 0 Å². The summed E-state index contributed by atoms with van der Waals surface area (Å²) in [5.74, 6) is 3.24. The number of rotatable bonds is 7. The Morgan fingerprint density at radius 3 is 2.81 bits per heavy atom. The second kappa shape index (κ2) is 7.53. The van der Waals surface area contributed by atoms with Crippen LogP contribution in [0, 0.1) is 12.8 Å². The average molecular weight is 308 g/mol. The van der Waals surface area contributed by atoms with Gasteiger partial charge in [0, 0.05) is 10.6 Å². The highest BCUT2D eigenvalue weighted by Gasteiger charge is 2.08. The van der Waals surface area contributed by atoms with Crippen molar-refractivity contribution in [1.29, 1.82) is 0 Å². The molecule has 21 heavy (non-hydrogen) atoms. The molecule has 0 fully saturated rings. The van der Waals surface area contributed by atoms with Crippen molar-refractivity contribution in [3.63, 3.8) is 0 Å². The number of furan rings is 1. The van der Waals surface area contributed by atoms with Crippen molar-refractivity contribution in [2.24, 2.45) is 5.92 Å². The molecule has 0 saturated carbocycles. The van der Waals surface area contributed by atoms with Crippen LogP contribution in [0.1, 0.15) is 30.9 Å². The number of benzene rings is 1. The third-order valence-corrected chi connectivity index (χ3v) is 3.35. The van der Waals surface area contributed by atoms with Gasteiger partial charge in [0.25, 0.3) is 0 Å². The van der Waals surface area contributed by atoms with Crippen molar-refractivity contribution in [1.82, 2.24) is 5.32 Å². The van der Waals surface area contributed by atoms with E-state index in [1.54, 1.807) is 0 Å². The zero-order valence-corrected chi connectivity index (χ0v) is 13.5. The van der Waals surface area contributed by atoms with Gasteiger partial charge in [-0.2, -0.15) is 0 Å². The smallest absolute Gasteiger partial charge is 0.121 e. The van der Waals surface area contributed by atoms with E-state index < -0.39 is 0 Å². The lowest BCUT2D eigenvalue weighted by Gasteiger charge is -2.05. The van der Waals surface area contributed by atoms with E-state index in [0.29, 0.717) is 17.5 Å². The maximum absolute atomic E-state index is 5.94. The Morgan fingerprint density at radius 1 is 1.29 bits per heavy atom. The summed E-state index contributed by atoms with van der Waals surface area (Å²) >= 11 is 5.94. The van der Waals surface area contributed by atoms with Crippen LogP contribution >= 0.6 is 11.6 Å². The molecule has 0 unspecified atom stereocenters. The molecule has 1 N–H and O–H groups in total. The second-order valence-electron chi connectivity index (χ2n) is 5.56. The largest absolute Gasteiger partial charge is 0.489 e. The molecular formula is C17H22ClNO2. The van der Waals surface area contributed by atoms with Crippen molar-refractivity contribution in [3.05, 3.63) is 52.4 Å². The summed E-state index contributed by atoms with van der Waals surface area (Å²) in [6.45, 7) is 8.54. The van der Waals surface area contributed by atoms with Crippen LogP contribution in [0.4, 0.5) is 0 Å². The lowest BCUT2D eigenvalue weighted by Crippen LogP contribution is -2.18. The fourth-order valence-electron chi connectivity index (χ4n) is 2.02. The van der Waals surface area contributed by atoms with Gasteiger partial charge in [0.2, 0.25) is 0 Å². The molecule has 3 nitrogen and oxygen atoms in total. The molecule has 2 aromatic rings. The molecule has 0 bridgehead atoms. The average Bonchev–Trinajstić information content (AvgIpc) is 2.76. The topological polar surface area (TPSA) is 34.4 Å². The van der Waals surface area contributed by atoms with Gasteiger partial charge < -0.3 is 14.5 Å². The molecule has 114 valence electrons. The highest BCUT2D eigenvalue weighted by molar-refractivity contribution is 6.30. The SMILES string of the molecule is Cc1oc(CNCC(C)C)cc1COc1cccc(Cl)c1. The number of hydrogen-bond acceptors (Lipinski definition) is 3. The molecule has 0 aliphatic rings. The van der Waals surface area contributed by atoms with E-state index in [9.17, 15) is 0 Å². The first-order valence-electron chi connectivity index (χ1n) is 7.22. The van der Waals surface area contributed by atoms with E-state index in [1.165, 1.54) is 0 Å². The summed E-state index contributed by atoms with van der Waals surface area (Å²) in [4.78, 5) is 0. The Bertz CT molecular complexity index is 578. The van der Waals surface area contributed by atoms with E-state index in [4.69, 9.17) is 20.8 Å². The Morgan fingerprint density at radius 2 is 2.10 bits per heavy atom. The first kappa shape index (κ1) is 15.9. The summed E-state index contributed by atoms with van der Waals surface area (Å²) in [6, 6.07) is 9.46. The third-order valence-electron chi connectivity index (χ3n) is 3.11. The number of aryl methyl sites for hydroxylation is 1. The van der Waals surface area contributed by atoms with Gasteiger partial charge in [-0.15, -0.1) is 0 Å². The fraction of sp³-hybridized carbons (Fsp3) is 0.412. The van der Waals surface area contributed by atoms with E-state index in [-0.39, 0.29) is 0 Å². The van der Waals surface area contributed by atoms with Crippen LogP contribution in [0.5, 0.6) is 5.75 Å². The zero-order valence-electron chi connectivity index (χ0n) is 12.8. The molecule has 0 aliphatic heterocycles. The van der Waals surface area contributed by atoms with Gasteiger partial charge in [-0.3, -0.25) is 0 Å². The standard InChI is InChI=1S/C17H22ClNO2/c1-12(2)9-19-10-17-7-14(13(3)21-17)11-20-16-6-4-5-15(18)8-16/h4-8,12,19H,9-11H2,1-3H3. The molecule has 0 aliphatic carbocycles. The Balaban J connectivity index is 1.90. The Hall–Kier alpha value is -1.45. The first-order valence-corrected chi connectivity index (χ1v) is 7.59. The Kier molecular flexibility index (Phi) is 5.71. The van der Waals surface area contributed by atoms with Crippen molar-refractivity contribution >= 4 is 11.6 Å². The van der Waals surface area contributed by atoms with Crippen LogP contribution in [-0.2, 0) is 13.2 Å². The molecule has 1 aromatic heterocycles. The molecule has 0 radical (unpaired) electrons. The van der Waals surface area contributed by atoms with Gasteiger partial charge >= 0.3 is 0 Å². The van der Waals surface area contributed by atoms with E-state index in [1.807, 2.05) is 37.3 Å². The number of halogens is 1. The third kappa shape index (κ3) is 5.10. The Labute approximate surface area is 131 Å². The van der Waals surface area contributed by atoms with Crippen LogP contribution in [0.15, 0.2) is 34.7 Å². The number of nitrogens with one attached hydrogen (secondary N) is 1. The maximum Gasteiger partial charge on any atom is 0.121 e. The minimum atomic E-state index is 0.486. The van der Waals surface area contributed by atoms with Crippen molar-refractivity contribution in [3.8, 4) is 5.75 Å². The maximum atomic E-state index is 5.94. The van der Waals surface area contributed by atoms with Crippen LogP contribution in [0.2, 0.25) is 5.02 Å². The summed E-state index contributed by atoms with van der Waals surface area (Å²) in [5.41, 5.74) is 1.07. The van der Waals surface area contributed by atoms with E-state index in [0.717, 1.165) is 35.9 Å². The van der Waals surface area contributed by atoms with E-state index in [2.05, 4.69) is 19.2 Å². The molecular weight excluding hydrogens is 286 g/mol. The lowest BCUT2D eigenvalue weighted by atomic mass is 10.2. The lowest BCUT2D eigenvalue weighted by molar-refractivity contribution is 0.303. The molecule has 2 rings (SSSR count). The monoisotopic (exact) mass is 307 g/mol. The van der Waals surface area contributed by atoms with Gasteiger partial charge in [-0.25, -0.2) is 0 Å². The highest BCUT2D eigenvalue weighted by Crippen LogP contribution is 2.20. The van der Waals surface area contributed by atoms with Crippen molar-refractivity contribution in [2.45, 2.75) is 33.9 Å². The van der Waals surface area contributed by atoms with Gasteiger partial charge in [-0.1, -0.05) is 31.5 Å². The van der Waals surface area contributed by atoms with Gasteiger partial charge in [0.05, 0.1) is 6.54 Å². The van der Waals surface area contributed by atoms with Gasteiger partial charge in [0.15, 0.2) is 0 Å². The fourth-order valence-corrected chi connectivity index (χ4v) is 2.20. The molecule has 0 amide bonds. The highest BCUT2D eigenvalue weighted by atomic mass is 35.5. The molecule has 0 saturated heterocycles. The van der Waals surface area contributed by atoms with Gasteiger partial charge in [0.1, 0.15) is 23.9 Å². The van der Waals surface area contributed by atoms with Crippen molar-refractivity contribution in [2.75, 3.05) is 6.54 Å². The first-order chi connectivity index (χ1) is 10.0.